The van der Waals surface area contributed by atoms with E-state index < -0.39 is 23.4 Å². The van der Waals surface area contributed by atoms with Gasteiger partial charge in [0.25, 0.3) is 11.8 Å². The molecule has 3 rings (SSSR count). The van der Waals surface area contributed by atoms with Crippen LogP contribution >= 0.6 is 46.4 Å². The Balaban J connectivity index is 1.73. The van der Waals surface area contributed by atoms with Gasteiger partial charge in [0, 0.05) is 6.04 Å². The van der Waals surface area contributed by atoms with E-state index in [1.54, 1.807) is 20.8 Å². The number of amides is 2. The predicted octanol–water partition coefficient (Wildman–Crippen LogP) is 5.73. The van der Waals surface area contributed by atoms with Crippen molar-refractivity contribution in [1.29, 1.82) is 0 Å². The topological polar surface area (TPSA) is 72.9 Å². The van der Waals surface area contributed by atoms with Gasteiger partial charge in [0.2, 0.25) is 0 Å². The Morgan fingerprint density at radius 3 is 1.72 bits per heavy atom. The Labute approximate surface area is 188 Å². The first kappa shape index (κ1) is 22.6. The molecule has 0 spiro atoms. The van der Waals surface area contributed by atoms with Gasteiger partial charge >= 0.3 is 5.97 Å². The van der Waals surface area contributed by atoms with E-state index in [-0.39, 0.29) is 43.2 Å². The van der Waals surface area contributed by atoms with Gasteiger partial charge in [-0.2, -0.15) is 4.89 Å². The van der Waals surface area contributed by atoms with Crippen LogP contribution in [0, 0.1) is 5.92 Å². The van der Waals surface area contributed by atoms with Crippen LogP contribution in [0.5, 0.6) is 0 Å². The highest BCUT2D eigenvalue weighted by molar-refractivity contribution is 6.55. The van der Waals surface area contributed by atoms with Crippen LogP contribution in [-0.2, 0) is 14.6 Å². The molecule has 0 aromatic heterocycles. The number of hydrogen-bond acceptors (Lipinski definition) is 5. The molecular weight excluding hydrogens is 464 g/mol. The Bertz CT molecular complexity index is 841. The molecular formula is C19H19Cl4NO5. The van der Waals surface area contributed by atoms with Crippen LogP contribution in [-0.4, -0.2) is 34.3 Å². The SMILES string of the molecule is CC(C)(C)OOC(=O)C1CCC(N2C(=O)c3c(Cl)c(Cl)c(Cl)c(Cl)c3C2=O)CC1. The quantitative estimate of drug-likeness (QED) is 0.181. The van der Waals surface area contributed by atoms with Crippen LogP contribution in [0.1, 0.15) is 67.2 Å². The average molecular weight is 483 g/mol. The molecule has 6 nitrogen and oxygen atoms in total. The molecule has 1 aliphatic carbocycles. The van der Waals surface area contributed by atoms with Gasteiger partial charge in [0.15, 0.2) is 0 Å². The molecule has 0 saturated heterocycles. The summed E-state index contributed by atoms with van der Waals surface area (Å²) in [5.74, 6) is -1.93. The van der Waals surface area contributed by atoms with Crippen LogP contribution in [0.3, 0.4) is 0 Å². The molecule has 1 aliphatic heterocycles. The first-order valence-corrected chi connectivity index (χ1v) is 10.6. The van der Waals surface area contributed by atoms with Gasteiger partial charge < -0.3 is 0 Å². The third-order valence-corrected chi connectivity index (χ3v) is 6.70. The van der Waals surface area contributed by atoms with Gasteiger partial charge in [-0.3, -0.25) is 19.4 Å². The summed E-state index contributed by atoms with van der Waals surface area (Å²) in [7, 11) is 0. The number of carbonyl (C=O) groups excluding carboxylic acids is 3. The molecule has 0 unspecified atom stereocenters. The Hall–Kier alpha value is -1.05. The molecule has 0 atom stereocenters. The molecule has 0 radical (unpaired) electrons. The Morgan fingerprint density at radius 2 is 1.31 bits per heavy atom. The molecule has 10 heteroatoms. The zero-order chi connectivity index (χ0) is 21.7. The summed E-state index contributed by atoms with van der Waals surface area (Å²) in [5, 5.41) is -0.308. The Kier molecular flexibility index (Phi) is 6.42. The first-order chi connectivity index (χ1) is 13.4. The number of rotatable bonds is 3. The van der Waals surface area contributed by atoms with E-state index in [4.69, 9.17) is 56.2 Å². The number of nitrogens with zero attached hydrogens (tertiary/aromatic N) is 1. The lowest BCUT2D eigenvalue weighted by atomic mass is 9.85. The summed E-state index contributed by atoms with van der Waals surface area (Å²) < 4.78 is 0. The molecule has 1 heterocycles. The molecule has 1 saturated carbocycles. The Morgan fingerprint density at radius 1 is 0.862 bits per heavy atom. The van der Waals surface area contributed by atoms with Crippen molar-refractivity contribution in [3.05, 3.63) is 31.2 Å². The van der Waals surface area contributed by atoms with E-state index in [1.165, 1.54) is 0 Å². The van der Waals surface area contributed by atoms with Crippen molar-refractivity contribution in [2.24, 2.45) is 5.92 Å². The molecule has 1 fully saturated rings. The maximum absolute atomic E-state index is 12.9. The zero-order valence-corrected chi connectivity index (χ0v) is 19.0. The molecule has 29 heavy (non-hydrogen) atoms. The van der Waals surface area contributed by atoms with Crippen LogP contribution in [0.4, 0.5) is 0 Å². The van der Waals surface area contributed by atoms with Gasteiger partial charge in [0.1, 0.15) is 5.60 Å². The van der Waals surface area contributed by atoms with E-state index in [0.29, 0.717) is 25.7 Å². The normalized spacial score (nSPS) is 22.1. The van der Waals surface area contributed by atoms with Crippen molar-refractivity contribution in [3.8, 4) is 0 Å². The highest BCUT2D eigenvalue weighted by Gasteiger charge is 2.46. The van der Waals surface area contributed by atoms with Gasteiger partial charge in [-0.15, -0.1) is 0 Å². The zero-order valence-electron chi connectivity index (χ0n) is 16.0. The highest BCUT2D eigenvalue weighted by atomic mass is 35.5. The summed E-state index contributed by atoms with van der Waals surface area (Å²) in [6.07, 6.45) is 1.79. The van der Waals surface area contributed by atoms with E-state index in [0.717, 1.165) is 4.90 Å². The fraction of sp³-hybridized carbons (Fsp3) is 0.526. The summed E-state index contributed by atoms with van der Waals surface area (Å²) >= 11 is 24.4. The van der Waals surface area contributed by atoms with Gasteiger partial charge in [-0.05, 0) is 46.5 Å². The lowest BCUT2D eigenvalue weighted by molar-refractivity contribution is -0.323. The van der Waals surface area contributed by atoms with E-state index in [2.05, 4.69) is 0 Å². The number of benzene rings is 1. The third-order valence-electron chi connectivity index (χ3n) is 4.90. The van der Waals surface area contributed by atoms with Gasteiger partial charge in [-0.1, -0.05) is 46.4 Å². The standard InChI is InChI=1S/C19H19Cl4NO5/c1-19(2,3)29-28-18(27)8-4-6-9(7-5-8)24-16(25)10-11(17(24)26)13(21)15(23)14(22)12(10)20/h8-9H,4-7H2,1-3H3. The third kappa shape index (κ3) is 4.23. The van der Waals surface area contributed by atoms with Crippen LogP contribution < -0.4 is 0 Å². The summed E-state index contributed by atoms with van der Waals surface area (Å²) in [6, 6.07) is -0.389. The molecule has 1 aromatic rings. The lowest BCUT2D eigenvalue weighted by Crippen LogP contribution is -2.43. The second-order valence-electron chi connectivity index (χ2n) is 8.09. The van der Waals surface area contributed by atoms with E-state index in [9.17, 15) is 14.4 Å². The number of hydrogen-bond donors (Lipinski definition) is 0. The highest BCUT2D eigenvalue weighted by Crippen LogP contribution is 2.46. The second kappa shape index (κ2) is 8.23. The fourth-order valence-electron chi connectivity index (χ4n) is 3.50. The van der Waals surface area contributed by atoms with Crippen molar-refractivity contribution in [2.45, 2.75) is 58.1 Å². The molecule has 2 amide bonds. The average Bonchev–Trinajstić information content (AvgIpc) is 2.92. The minimum atomic E-state index is -0.603. The van der Waals surface area contributed by atoms with Crippen LogP contribution in [0.15, 0.2) is 0 Å². The summed E-state index contributed by atoms with van der Waals surface area (Å²) in [6.45, 7) is 5.32. The smallest absolute Gasteiger partial charge is 0.298 e. The molecule has 1 aromatic carbocycles. The second-order valence-corrected chi connectivity index (χ2v) is 9.60. The van der Waals surface area contributed by atoms with Crippen molar-refractivity contribution < 1.29 is 24.2 Å². The number of halogens is 4. The lowest BCUT2D eigenvalue weighted by Gasteiger charge is -2.32. The van der Waals surface area contributed by atoms with Crippen LogP contribution in [0.25, 0.3) is 0 Å². The maximum atomic E-state index is 12.9. The minimum Gasteiger partial charge on any atom is -0.298 e. The van der Waals surface area contributed by atoms with E-state index in [1.807, 2.05) is 0 Å². The molecule has 0 bridgehead atoms. The number of carbonyl (C=O) groups is 3. The fourth-order valence-corrected chi connectivity index (χ4v) is 4.52. The van der Waals surface area contributed by atoms with E-state index >= 15 is 0 Å². The minimum absolute atomic E-state index is 0.0313. The van der Waals surface area contributed by atoms with Crippen LogP contribution in [0.2, 0.25) is 20.1 Å². The van der Waals surface area contributed by atoms with Crippen molar-refractivity contribution >= 4 is 64.2 Å². The summed E-state index contributed by atoms with van der Waals surface area (Å²) in [4.78, 5) is 49.1. The number of fused-ring (bicyclic) bond motifs is 1. The van der Waals surface area contributed by atoms with Crippen molar-refractivity contribution in [3.63, 3.8) is 0 Å². The monoisotopic (exact) mass is 481 g/mol. The molecule has 2 aliphatic rings. The van der Waals surface area contributed by atoms with Crippen molar-refractivity contribution in [2.75, 3.05) is 0 Å². The van der Waals surface area contributed by atoms with Crippen molar-refractivity contribution in [1.82, 2.24) is 4.90 Å². The van der Waals surface area contributed by atoms with Gasteiger partial charge in [-0.25, -0.2) is 4.79 Å². The molecule has 0 N–H and O–H groups in total. The first-order valence-electron chi connectivity index (χ1n) is 9.07. The summed E-state index contributed by atoms with van der Waals surface area (Å²) in [5.41, 5.74) is -0.666. The molecule has 158 valence electrons. The largest absolute Gasteiger partial charge is 0.345 e. The van der Waals surface area contributed by atoms with Gasteiger partial charge in [0.05, 0.1) is 37.1 Å². The maximum Gasteiger partial charge on any atom is 0.345 e. The predicted molar refractivity (Wildman–Crippen MR) is 110 cm³/mol. The number of imide groups is 1.